The molecular weight excluding hydrogens is 416 g/mol. The van der Waals surface area contributed by atoms with Crippen molar-refractivity contribution in [2.45, 2.75) is 38.7 Å². The van der Waals surface area contributed by atoms with Crippen LogP contribution in [0.3, 0.4) is 0 Å². The van der Waals surface area contributed by atoms with E-state index in [0.29, 0.717) is 29.8 Å². The fraction of sp³-hybridized carbons (Fsp3) is 0.389. The second-order valence-electron chi connectivity index (χ2n) is 6.70. The molecule has 0 aliphatic heterocycles. The highest BCUT2D eigenvalue weighted by Crippen LogP contribution is 2.36. The number of H-pyrrole nitrogens is 1. The average Bonchev–Trinajstić information content (AvgIpc) is 2.95. The standard InChI is InChI=1S/C18H17F6N5O/c1-3-4-12-13-14(29(2)28-12)15(30)27-16(26-13)25-8-9-5-10(17(19,20)21)7-11(6-9)18(22,23)24/h5-7H,3-4,8H2,1-2H3,(H2,25,26,27,30). The van der Waals surface area contributed by atoms with Gasteiger partial charge in [0.05, 0.1) is 16.8 Å². The van der Waals surface area contributed by atoms with Gasteiger partial charge < -0.3 is 5.32 Å². The smallest absolute Gasteiger partial charge is 0.352 e. The highest BCUT2D eigenvalue weighted by molar-refractivity contribution is 5.77. The number of hydrogen-bond acceptors (Lipinski definition) is 4. The van der Waals surface area contributed by atoms with Crippen molar-refractivity contribution in [3.63, 3.8) is 0 Å². The summed E-state index contributed by atoms with van der Waals surface area (Å²) in [7, 11) is 1.58. The van der Waals surface area contributed by atoms with Gasteiger partial charge in [-0.15, -0.1) is 0 Å². The summed E-state index contributed by atoms with van der Waals surface area (Å²) in [6.07, 6.45) is -8.58. The molecule has 0 bridgehead atoms. The number of aromatic amines is 1. The minimum atomic E-state index is -4.94. The number of alkyl halides is 6. The topological polar surface area (TPSA) is 75.6 Å². The summed E-state index contributed by atoms with van der Waals surface area (Å²) in [5.41, 5.74) is -2.50. The fourth-order valence-corrected chi connectivity index (χ4v) is 3.04. The lowest BCUT2D eigenvalue weighted by molar-refractivity contribution is -0.143. The number of benzene rings is 1. The molecule has 3 aromatic rings. The molecular formula is C18H17F6N5O. The van der Waals surface area contributed by atoms with Crippen LogP contribution in [0.15, 0.2) is 23.0 Å². The van der Waals surface area contributed by atoms with Gasteiger partial charge in [0.2, 0.25) is 5.95 Å². The maximum atomic E-state index is 13.0. The van der Waals surface area contributed by atoms with Crippen LogP contribution in [0.25, 0.3) is 11.0 Å². The third kappa shape index (κ3) is 4.41. The van der Waals surface area contributed by atoms with E-state index in [4.69, 9.17) is 0 Å². The Morgan fingerprint density at radius 1 is 1.07 bits per heavy atom. The van der Waals surface area contributed by atoms with Crippen molar-refractivity contribution in [2.24, 2.45) is 7.05 Å². The van der Waals surface area contributed by atoms with Crippen molar-refractivity contribution >= 4 is 17.0 Å². The largest absolute Gasteiger partial charge is 0.416 e. The molecule has 0 saturated carbocycles. The minimum Gasteiger partial charge on any atom is -0.352 e. The molecule has 0 unspecified atom stereocenters. The predicted octanol–water partition coefficient (Wildman–Crippen LogP) is 4.26. The maximum absolute atomic E-state index is 13.0. The van der Waals surface area contributed by atoms with Crippen molar-refractivity contribution in [1.29, 1.82) is 0 Å². The molecule has 0 atom stereocenters. The lowest BCUT2D eigenvalue weighted by Crippen LogP contribution is -2.16. The van der Waals surface area contributed by atoms with E-state index in [9.17, 15) is 31.1 Å². The number of hydrogen-bond donors (Lipinski definition) is 2. The summed E-state index contributed by atoms with van der Waals surface area (Å²) in [6.45, 7) is 1.50. The van der Waals surface area contributed by atoms with E-state index < -0.39 is 35.6 Å². The van der Waals surface area contributed by atoms with Crippen molar-refractivity contribution in [3.8, 4) is 0 Å². The van der Waals surface area contributed by atoms with Crippen LogP contribution >= 0.6 is 0 Å². The van der Waals surface area contributed by atoms with Gasteiger partial charge in [0.1, 0.15) is 5.52 Å². The molecule has 2 heterocycles. The van der Waals surface area contributed by atoms with Crippen molar-refractivity contribution < 1.29 is 26.3 Å². The van der Waals surface area contributed by atoms with Gasteiger partial charge in [0, 0.05) is 13.6 Å². The van der Waals surface area contributed by atoms with Crippen molar-refractivity contribution in [3.05, 3.63) is 50.9 Å². The van der Waals surface area contributed by atoms with Crippen LogP contribution in [0.2, 0.25) is 0 Å². The Morgan fingerprint density at radius 3 is 2.20 bits per heavy atom. The quantitative estimate of drug-likeness (QED) is 0.590. The second kappa shape index (κ2) is 7.65. The number of nitrogens with one attached hydrogen (secondary N) is 2. The first kappa shape index (κ1) is 21.7. The van der Waals surface area contributed by atoms with Crippen molar-refractivity contribution in [2.75, 3.05) is 5.32 Å². The normalized spacial score (nSPS) is 12.5. The van der Waals surface area contributed by atoms with Crippen LogP contribution in [-0.2, 0) is 32.4 Å². The first-order valence-corrected chi connectivity index (χ1v) is 8.88. The molecule has 162 valence electrons. The number of halogens is 6. The van der Waals surface area contributed by atoms with Gasteiger partial charge in [0.25, 0.3) is 5.56 Å². The average molecular weight is 433 g/mol. The Hall–Kier alpha value is -3.05. The number of aryl methyl sites for hydroxylation is 2. The Balaban J connectivity index is 1.96. The summed E-state index contributed by atoms with van der Waals surface area (Å²) in [5.74, 6) is -0.0798. The molecule has 0 amide bonds. The van der Waals surface area contributed by atoms with E-state index in [-0.39, 0.29) is 23.1 Å². The van der Waals surface area contributed by atoms with Gasteiger partial charge in [-0.3, -0.25) is 14.5 Å². The molecule has 2 aromatic heterocycles. The van der Waals surface area contributed by atoms with Gasteiger partial charge in [0.15, 0.2) is 5.52 Å². The van der Waals surface area contributed by atoms with E-state index in [2.05, 4.69) is 20.4 Å². The van der Waals surface area contributed by atoms with E-state index in [1.807, 2.05) is 6.92 Å². The van der Waals surface area contributed by atoms with Gasteiger partial charge in [-0.1, -0.05) is 13.3 Å². The van der Waals surface area contributed by atoms with Gasteiger partial charge in [-0.2, -0.15) is 31.4 Å². The Labute approximate surface area is 165 Å². The van der Waals surface area contributed by atoms with E-state index >= 15 is 0 Å². The van der Waals surface area contributed by atoms with Gasteiger partial charge in [-0.05, 0) is 30.2 Å². The number of aromatic nitrogens is 4. The van der Waals surface area contributed by atoms with Crippen LogP contribution in [0.4, 0.5) is 32.3 Å². The first-order chi connectivity index (χ1) is 13.9. The Bertz CT molecular complexity index is 1100. The number of nitrogens with zero attached hydrogens (tertiary/aromatic N) is 3. The number of rotatable bonds is 5. The van der Waals surface area contributed by atoms with E-state index in [1.54, 1.807) is 7.05 Å². The summed E-state index contributed by atoms with van der Waals surface area (Å²) in [4.78, 5) is 19.0. The molecule has 30 heavy (non-hydrogen) atoms. The Kier molecular flexibility index (Phi) is 5.52. The molecule has 0 radical (unpaired) electrons. The third-order valence-electron chi connectivity index (χ3n) is 4.36. The molecule has 0 aliphatic carbocycles. The molecule has 0 aliphatic rings. The molecule has 1 aromatic carbocycles. The minimum absolute atomic E-state index is 0.0579. The number of fused-ring (bicyclic) bond motifs is 1. The SMILES string of the molecule is CCCc1nn(C)c2c(=O)[nH]c(NCc3cc(C(F)(F)F)cc(C(F)(F)F)c3)nc12. The second-order valence-corrected chi connectivity index (χ2v) is 6.70. The molecule has 0 saturated heterocycles. The van der Waals surface area contributed by atoms with E-state index in [1.165, 1.54) is 4.68 Å². The molecule has 2 N–H and O–H groups in total. The van der Waals surface area contributed by atoms with Crippen LogP contribution in [0.5, 0.6) is 0 Å². The lowest BCUT2D eigenvalue weighted by atomic mass is 10.0. The van der Waals surface area contributed by atoms with Crippen LogP contribution in [-0.4, -0.2) is 19.7 Å². The fourth-order valence-electron chi connectivity index (χ4n) is 3.04. The first-order valence-electron chi connectivity index (χ1n) is 8.88. The summed E-state index contributed by atoms with van der Waals surface area (Å²) >= 11 is 0. The zero-order chi connectivity index (χ0) is 22.3. The zero-order valence-corrected chi connectivity index (χ0v) is 15.9. The van der Waals surface area contributed by atoms with Gasteiger partial charge >= 0.3 is 12.4 Å². The summed E-state index contributed by atoms with van der Waals surface area (Å²) < 4.78 is 79.3. The molecule has 12 heteroatoms. The molecule has 6 nitrogen and oxygen atoms in total. The highest BCUT2D eigenvalue weighted by Gasteiger charge is 2.36. The van der Waals surface area contributed by atoms with Crippen LogP contribution in [0.1, 0.15) is 35.7 Å². The number of anilines is 1. The van der Waals surface area contributed by atoms with Crippen LogP contribution < -0.4 is 10.9 Å². The zero-order valence-electron chi connectivity index (χ0n) is 15.9. The van der Waals surface area contributed by atoms with Crippen molar-refractivity contribution in [1.82, 2.24) is 19.7 Å². The molecule has 0 spiro atoms. The highest BCUT2D eigenvalue weighted by atomic mass is 19.4. The predicted molar refractivity (Wildman–Crippen MR) is 96.9 cm³/mol. The Morgan fingerprint density at radius 2 is 1.67 bits per heavy atom. The van der Waals surface area contributed by atoms with Crippen LogP contribution in [0, 0.1) is 0 Å². The molecule has 3 rings (SSSR count). The monoisotopic (exact) mass is 433 g/mol. The third-order valence-corrected chi connectivity index (χ3v) is 4.36. The van der Waals surface area contributed by atoms with E-state index in [0.717, 1.165) is 6.42 Å². The maximum Gasteiger partial charge on any atom is 0.416 e. The summed E-state index contributed by atoms with van der Waals surface area (Å²) in [5, 5.41) is 6.82. The molecule has 0 fully saturated rings. The van der Waals surface area contributed by atoms with Gasteiger partial charge in [-0.25, -0.2) is 4.98 Å². The summed E-state index contributed by atoms with van der Waals surface area (Å²) in [6, 6.07) is 1.29. The lowest BCUT2D eigenvalue weighted by Gasteiger charge is -2.14.